The predicted molar refractivity (Wildman–Crippen MR) is 104 cm³/mol. The average molecular weight is 373 g/mol. The molecule has 2 aromatic rings. The van der Waals surface area contributed by atoms with E-state index in [4.69, 9.17) is 16.3 Å². The van der Waals surface area contributed by atoms with Gasteiger partial charge in [0.15, 0.2) is 6.10 Å². The first-order valence-corrected chi connectivity index (χ1v) is 8.52. The normalized spacial score (nSPS) is 11.3. The topological polar surface area (TPSA) is 67.4 Å². The van der Waals surface area contributed by atoms with E-state index in [2.05, 4.69) is 17.2 Å². The minimum Gasteiger partial charge on any atom is -0.481 e. The van der Waals surface area contributed by atoms with Gasteiger partial charge in [0.2, 0.25) is 0 Å². The van der Waals surface area contributed by atoms with Crippen molar-refractivity contribution in [1.82, 2.24) is 5.32 Å². The summed E-state index contributed by atoms with van der Waals surface area (Å²) in [5.74, 6) is -0.101. The Balaban J connectivity index is 2.07. The molecule has 2 rings (SSSR count). The van der Waals surface area contributed by atoms with Crippen molar-refractivity contribution in [2.75, 3.05) is 11.9 Å². The minimum absolute atomic E-state index is 0.289. The van der Waals surface area contributed by atoms with Crippen LogP contribution < -0.4 is 15.4 Å². The Hall–Kier alpha value is -2.79. The third-order valence-corrected chi connectivity index (χ3v) is 4.07. The zero-order valence-electron chi connectivity index (χ0n) is 14.7. The number of hydrogen-bond acceptors (Lipinski definition) is 3. The van der Waals surface area contributed by atoms with Crippen LogP contribution in [-0.2, 0) is 4.79 Å². The second kappa shape index (κ2) is 9.06. The van der Waals surface area contributed by atoms with Crippen molar-refractivity contribution in [2.45, 2.75) is 20.0 Å². The van der Waals surface area contributed by atoms with Crippen LogP contribution in [0.15, 0.2) is 55.1 Å². The van der Waals surface area contributed by atoms with Crippen LogP contribution in [0.3, 0.4) is 0 Å². The summed E-state index contributed by atoms with van der Waals surface area (Å²) in [5, 5.41) is 6.06. The summed E-state index contributed by atoms with van der Waals surface area (Å²) in [6.07, 6.45) is 0.836. The Morgan fingerprint density at radius 2 is 2.00 bits per heavy atom. The molecule has 6 heteroatoms. The zero-order valence-corrected chi connectivity index (χ0v) is 15.5. The Morgan fingerprint density at radius 1 is 1.27 bits per heavy atom. The molecule has 0 radical (unpaired) electrons. The first-order valence-electron chi connectivity index (χ1n) is 8.14. The van der Waals surface area contributed by atoms with Crippen LogP contribution in [-0.4, -0.2) is 24.5 Å². The van der Waals surface area contributed by atoms with Crippen LogP contribution in [0, 0.1) is 6.92 Å². The highest BCUT2D eigenvalue weighted by atomic mass is 35.5. The number of amides is 2. The van der Waals surface area contributed by atoms with E-state index < -0.39 is 6.10 Å². The van der Waals surface area contributed by atoms with Crippen molar-refractivity contribution < 1.29 is 14.3 Å². The van der Waals surface area contributed by atoms with E-state index in [1.54, 1.807) is 55.5 Å². The van der Waals surface area contributed by atoms with Crippen molar-refractivity contribution in [3.05, 3.63) is 71.3 Å². The smallest absolute Gasteiger partial charge is 0.265 e. The highest BCUT2D eigenvalue weighted by Gasteiger charge is 2.18. The highest BCUT2D eigenvalue weighted by Crippen LogP contribution is 2.22. The summed E-state index contributed by atoms with van der Waals surface area (Å²) in [5.41, 5.74) is 1.65. The molecule has 0 aliphatic carbocycles. The molecule has 2 N–H and O–H groups in total. The van der Waals surface area contributed by atoms with Gasteiger partial charge in [-0.25, -0.2) is 0 Å². The molecule has 0 saturated carbocycles. The van der Waals surface area contributed by atoms with Crippen LogP contribution >= 0.6 is 11.6 Å². The Morgan fingerprint density at radius 3 is 2.69 bits per heavy atom. The quantitative estimate of drug-likeness (QED) is 0.722. The SMILES string of the molecule is C=CCNC(=O)c1ccccc1NC(=O)C(C)Oc1ccc(Cl)c(C)c1. The van der Waals surface area contributed by atoms with Crippen molar-refractivity contribution in [2.24, 2.45) is 0 Å². The molecular formula is C20H21ClN2O3. The van der Waals surface area contributed by atoms with Gasteiger partial charge in [-0.1, -0.05) is 29.8 Å². The van der Waals surface area contributed by atoms with E-state index in [0.717, 1.165) is 5.56 Å². The molecule has 26 heavy (non-hydrogen) atoms. The molecule has 0 bridgehead atoms. The predicted octanol–water partition coefficient (Wildman–Crippen LogP) is 3.97. The number of anilines is 1. The number of hydrogen-bond donors (Lipinski definition) is 2. The van der Waals surface area contributed by atoms with Crippen LogP contribution in [0.1, 0.15) is 22.8 Å². The lowest BCUT2D eigenvalue weighted by Gasteiger charge is -2.17. The number of halogens is 1. The van der Waals surface area contributed by atoms with Gasteiger partial charge < -0.3 is 15.4 Å². The van der Waals surface area contributed by atoms with Gasteiger partial charge in [-0.3, -0.25) is 9.59 Å². The molecule has 2 aromatic carbocycles. The molecule has 2 amide bonds. The van der Waals surface area contributed by atoms with E-state index in [1.165, 1.54) is 0 Å². The molecule has 0 fully saturated rings. The lowest BCUT2D eigenvalue weighted by Crippen LogP contribution is -2.31. The van der Waals surface area contributed by atoms with Gasteiger partial charge in [-0.2, -0.15) is 0 Å². The Labute approximate surface area is 158 Å². The summed E-state index contributed by atoms with van der Waals surface area (Å²) < 4.78 is 5.66. The number of para-hydroxylation sites is 1. The fourth-order valence-corrected chi connectivity index (χ4v) is 2.35. The molecule has 0 heterocycles. The fourth-order valence-electron chi connectivity index (χ4n) is 2.23. The van der Waals surface area contributed by atoms with E-state index in [-0.39, 0.29) is 11.8 Å². The van der Waals surface area contributed by atoms with Gasteiger partial charge in [0, 0.05) is 11.6 Å². The average Bonchev–Trinajstić information content (AvgIpc) is 2.63. The lowest BCUT2D eigenvalue weighted by molar-refractivity contribution is -0.122. The standard InChI is InChI=1S/C20H21ClN2O3/c1-4-11-22-20(25)16-7-5-6-8-18(16)23-19(24)14(3)26-15-9-10-17(21)13(2)12-15/h4-10,12,14H,1,11H2,2-3H3,(H,22,25)(H,23,24). The summed E-state index contributed by atoms with van der Waals surface area (Å²) in [6, 6.07) is 12.0. The Kier molecular flexibility index (Phi) is 6.81. The number of aryl methyl sites for hydroxylation is 1. The maximum atomic E-state index is 12.4. The molecule has 0 spiro atoms. The van der Waals surface area contributed by atoms with Gasteiger partial charge >= 0.3 is 0 Å². The summed E-state index contributed by atoms with van der Waals surface area (Å²) in [6.45, 7) is 7.40. The van der Waals surface area contributed by atoms with Crippen LogP contribution in [0.5, 0.6) is 5.75 Å². The number of benzene rings is 2. The number of carbonyl (C=O) groups excluding carboxylic acids is 2. The van der Waals surface area contributed by atoms with Crippen molar-refractivity contribution in [3.63, 3.8) is 0 Å². The molecule has 1 atom stereocenters. The summed E-state index contributed by atoms with van der Waals surface area (Å²) in [7, 11) is 0. The van der Waals surface area contributed by atoms with Gasteiger partial charge in [0.05, 0.1) is 11.3 Å². The van der Waals surface area contributed by atoms with E-state index in [0.29, 0.717) is 28.6 Å². The van der Waals surface area contributed by atoms with E-state index in [1.807, 2.05) is 6.92 Å². The largest absolute Gasteiger partial charge is 0.481 e. The lowest BCUT2D eigenvalue weighted by atomic mass is 10.1. The number of ether oxygens (including phenoxy) is 1. The molecule has 5 nitrogen and oxygen atoms in total. The molecule has 0 aliphatic heterocycles. The minimum atomic E-state index is -0.750. The highest BCUT2D eigenvalue weighted by molar-refractivity contribution is 6.31. The molecule has 0 aliphatic rings. The van der Waals surface area contributed by atoms with Crippen LogP contribution in [0.4, 0.5) is 5.69 Å². The van der Waals surface area contributed by atoms with Gasteiger partial charge in [0.25, 0.3) is 11.8 Å². The van der Waals surface area contributed by atoms with Crippen molar-refractivity contribution >= 4 is 29.1 Å². The zero-order chi connectivity index (χ0) is 19.1. The number of rotatable bonds is 7. The van der Waals surface area contributed by atoms with E-state index >= 15 is 0 Å². The maximum absolute atomic E-state index is 12.4. The number of carbonyl (C=O) groups is 2. The molecule has 0 aromatic heterocycles. The number of nitrogens with one attached hydrogen (secondary N) is 2. The first kappa shape index (κ1) is 19.5. The molecule has 1 unspecified atom stereocenters. The third-order valence-electron chi connectivity index (χ3n) is 3.65. The van der Waals surface area contributed by atoms with Crippen LogP contribution in [0.2, 0.25) is 5.02 Å². The maximum Gasteiger partial charge on any atom is 0.265 e. The van der Waals surface area contributed by atoms with Crippen molar-refractivity contribution in [1.29, 1.82) is 0 Å². The summed E-state index contributed by atoms with van der Waals surface area (Å²) >= 11 is 5.99. The van der Waals surface area contributed by atoms with E-state index in [9.17, 15) is 9.59 Å². The van der Waals surface area contributed by atoms with Gasteiger partial charge in [-0.05, 0) is 49.7 Å². The second-order valence-electron chi connectivity index (χ2n) is 5.70. The van der Waals surface area contributed by atoms with Gasteiger partial charge in [0.1, 0.15) is 5.75 Å². The molecular weight excluding hydrogens is 352 g/mol. The third kappa shape index (κ3) is 5.10. The summed E-state index contributed by atoms with van der Waals surface area (Å²) in [4.78, 5) is 24.6. The van der Waals surface area contributed by atoms with Crippen LogP contribution in [0.25, 0.3) is 0 Å². The molecule has 0 saturated heterocycles. The van der Waals surface area contributed by atoms with Gasteiger partial charge in [-0.15, -0.1) is 6.58 Å². The monoisotopic (exact) mass is 372 g/mol. The second-order valence-corrected chi connectivity index (χ2v) is 6.11. The first-order chi connectivity index (χ1) is 12.4. The fraction of sp³-hybridized carbons (Fsp3) is 0.200. The van der Waals surface area contributed by atoms with Crippen molar-refractivity contribution in [3.8, 4) is 5.75 Å². The molecule has 136 valence electrons. The Bertz CT molecular complexity index is 820.